The summed E-state index contributed by atoms with van der Waals surface area (Å²) in [6.45, 7) is 0.750. The number of nitrogens with zero attached hydrogens (tertiary/aromatic N) is 4. The van der Waals surface area contributed by atoms with Gasteiger partial charge in [0, 0.05) is 19.2 Å². The summed E-state index contributed by atoms with van der Waals surface area (Å²) in [6.07, 6.45) is 4.84. The lowest BCUT2D eigenvalue weighted by molar-refractivity contribution is -0.132. The predicted octanol–water partition coefficient (Wildman–Crippen LogP) is 3.04. The second kappa shape index (κ2) is 7.88. The third-order valence-electron chi connectivity index (χ3n) is 5.30. The van der Waals surface area contributed by atoms with Crippen molar-refractivity contribution in [1.82, 2.24) is 19.5 Å². The van der Waals surface area contributed by atoms with E-state index in [0.717, 1.165) is 36.4 Å². The van der Waals surface area contributed by atoms with Crippen molar-refractivity contribution >= 4 is 11.6 Å². The zero-order valence-corrected chi connectivity index (χ0v) is 16.2. The number of hydrogen-bond acceptors (Lipinski definition) is 5. The van der Waals surface area contributed by atoms with Crippen molar-refractivity contribution in [1.29, 1.82) is 0 Å². The molecule has 3 heterocycles. The number of amides is 1. The maximum absolute atomic E-state index is 13.0. The number of aryl methyl sites for hydroxylation is 1. The lowest BCUT2D eigenvalue weighted by atomic mass is 10.1. The molecule has 0 spiro atoms. The van der Waals surface area contributed by atoms with Crippen LogP contribution in [0.5, 0.6) is 11.5 Å². The molecule has 0 saturated carbocycles. The molecule has 1 aliphatic rings. The highest BCUT2D eigenvalue weighted by atomic mass is 16.5. The number of fused-ring (bicyclic) bond motifs is 1. The molecular formula is C21H24N4O3. The molecule has 3 aromatic rings. The molecule has 0 radical (unpaired) electrons. The molecule has 1 aliphatic heterocycles. The number of carbonyl (C=O) groups excluding carboxylic acids is 1. The zero-order valence-electron chi connectivity index (χ0n) is 16.2. The second-order valence-electron chi connectivity index (χ2n) is 6.88. The first-order valence-electron chi connectivity index (χ1n) is 9.52. The Balaban J connectivity index is 1.50. The van der Waals surface area contributed by atoms with Gasteiger partial charge in [-0.05, 0) is 43.0 Å². The Bertz CT molecular complexity index is 985. The molecular weight excluding hydrogens is 356 g/mol. The summed E-state index contributed by atoms with van der Waals surface area (Å²) in [7, 11) is 3.24. The minimum atomic E-state index is -0.0305. The van der Waals surface area contributed by atoms with E-state index in [1.54, 1.807) is 14.2 Å². The summed E-state index contributed by atoms with van der Waals surface area (Å²) >= 11 is 0. The maximum Gasteiger partial charge on any atom is 0.223 e. The van der Waals surface area contributed by atoms with Gasteiger partial charge in [0.15, 0.2) is 23.0 Å². The van der Waals surface area contributed by atoms with Crippen molar-refractivity contribution < 1.29 is 14.3 Å². The van der Waals surface area contributed by atoms with Gasteiger partial charge in [0.25, 0.3) is 0 Å². The molecule has 0 bridgehead atoms. The molecule has 28 heavy (non-hydrogen) atoms. The van der Waals surface area contributed by atoms with E-state index >= 15 is 0 Å². The van der Waals surface area contributed by atoms with Crippen LogP contribution in [0.4, 0.5) is 0 Å². The Morgan fingerprint density at radius 1 is 1.14 bits per heavy atom. The predicted molar refractivity (Wildman–Crippen MR) is 105 cm³/mol. The van der Waals surface area contributed by atoms with E-state index in [4.69, 9.17) is 9.47 Å². The molecule has 2 aromatic heterocycles. The highest BCUT2D eigenvalue weighted by molar-refractivity contribution is 5.77. The average Bonchev–Trinajstić information content (AvgIpc) is 3.38. The molecule has 1 atom stereocenters. The van der Waals surface area contributed by atoms with Crippen LogP contribution in [0.3, 0.4) is 0 Å². The van der Waals surface area contributed by atoms with Gasteiger partial charge in [-0.3, -0.25) is 9.20 Å². The molecule has 0 N–H and O–H groups in total. The van der Waals surface area contributed by atoms with Crippen LogP contribution in [0.25, 0.3) is 5.65 Å². The van der Waals surface area contributed by atoms with Crippen molar-refractivity contribution in [3.05, 3.63) is 54.0 Å². The number of benzene rings is 1. The Labute approximate surface area is 163 Å². The number of ether oxygens (including phenoxy) is 2. The molecule has 7 nitrogen and oxygen atoms in total. The number of pyridine rings is 1. The Morgan fingerprint density at radius 3 is 2.86 bits per heavy atom. The summed E-state index contributed by atoms with van der Waals surface area (Å²) in [4.78, 5) is 15.0. The first kappa shape index (κ1) is 18.3. The van der Waals surface area contributed by atoms with Crippen LogP contribution < -0.4 is 9.47 Å². The largest absolute Gasteiger partial charge is 0.493 e. The third-order valence-corrected chi connectivity index (χ3v) is 5.30. The van der Waals surface area contributed by atoms with Crippen molar-refractivity contribution in [2.24, 2.45) is 0 Å². The van der Waals surface area contributed by atoms with Crippen LogP contribution in [0, 0.1) is 0 Å². The molecule has 1 saturated heterocycles. The Kier molecular flexibility index (Phi) is 5.14. The smallest absolute Gasteiger partial charge is 0.223 e. The quantitative estimate of drug-likeness (QED) is 0.657. The van der Waals surface area contributed by atoms with Gasteiger partial charge >= 0.3 is 0 Å². The highest BCUT2D eigenvalue weighted by Gasteiger charge is 2.33. The fraction of sp³-hybridized carbons (Fsp3) is 0.381. The SMILES string of the molecule is COc1cccc(CCC(=O)N2CCCC2c2nnc3ccccn23)c1OC. The summed E-state index contributed by atoms with van der Waals surface area (Å²) in [5, 5.41) is 8.60. The molecule has 4 rings (SSSR count). The number of para-hydroxylation sites is 1. The van der Waals surface area contributed by atoms with Crippen molar-refractivity contribution in [3.63, 3.8) is 0 Å². The number of hydrogen-bond donors (Lipinski definition) is 0. The van der Waals surface area contributed by atoms with E-state index in [1.807, 2.05) is 51.9 Å². The first-order valence-corrected chi connectivity index (χ1v) is 9.52. The molecule has 1 fully saturated rings. The number of rotatable bonds is 6. The van der Waals surface area contributed by atoms with Gasteiger partial charge in [0.2, 0.25) is 5.91 Å². The van der Waals surface area contributed by atoms with Gasteiger partial charge < -0.3 is 14.4 Å². The average molecular weight is 380 g/mol. The summed E-state index contributed by atoms with van der Waals surface area (Å²) < 4.78 is 12.8. The standard InChI is InChI=1S/C21H24N4O3/c1-27-17-9-5-7-15(20(17)28-2)11-12-19(26)24-14-6-8-16(24)21-23-22-18-10-3-4-13-25(18)21/h3-5,7,9-10,13,16H,6,8,11-12,14H2,1-2H3. The van der Waals surface area contributed by atoms with E-state index in [-0.39, 0.29) is 11.9 Å². The molecule has 0 aliphatic carbocycles. The van der Waals surface area contributed by atoms with Gasteiger partial charge in [-0.25, -0.2) is 0 Å². The lowest BCUT2D eigenvalue weighted by Gasteiger charge is -2.24. The second-order valence-corrected chi connectivity index (χ2v) is 6.88. The summed E-state index contributed by atoms with van der Waals surface area (Å²) in [5.74, 6) is 2.33. The lowest BCUT2D eigenvalue weighted by Crippen LogP contribution is -2.31. The summed E-state index contributed by atoms with van der Waals surface area (Å²) in [6, 6.07) is 11.5. The molecule has 1 unspecified atom stereocenters. The highest BCUT2D eigenvalue weighted by Crippen LogP contribution is 2.34. The van der Waals surface area contributed by atoms with Crippen molar-refractivity contribution in [2.75, 3.05) is 20.8 Å². The topological polar surface area (TPSA) is 69.0 Å². The normalized spacial score (nSPS) is 16.5. The van der Waals surface area contributed by atoms with E-state index in [9.17, 15) is 4.79 Å². The zero-order chi connectivity index (χ0) is 19.5. The van der Waals surface area contributed by atoms with Crippen LogP contribution >= 0.6 is 0 Å². The third kappa shape index (κ3) is 3.28. The van der Waals surface area contributed by atoms with E-state index < -0.39 is 0 Å². The van der Waals surface area contributed by atoms with Gasteiger partial charge in [0.05, 0.1) is 20.3 Å². The molecule has 1 aromatic carbocycles. The number of likely N-dealkylation sites (tertiary alicyclic amines) is 1. The van der Waals surface area contributed by atoms with Crippen molar-refractivity contribution in [3.8, 4) is 11.5 Å². The van der Waals surface area contributed by atoms with E-state index in [2.05, 4.69) is 10.2 Å². The number of carbonyl (C=O) groups is 1. The molecule has 146 valence electrons. The fourth-order valence-corrected chi connectivity index (χ4v) is 3.96. The van der Waals surface area contributed by atoms with Crippen LogP contribution in [0.1, 0.15) is 36.7 Å². The van der Waals surface area contributed by atoms with E-state index in [0.29, 0.717) is 24.3 Å². The maximum atomic E-state index is 13.0. The Hall–Kier alpha value is -3.09. The van der Waals surface area contributed by atoms with Crippen LogP contribution in [0.15, 0.2) is 42.6 Å². The van der Waals surface area contributed by atoms with Gasteiger partial charge in [-0.2, -0.15) is 0 Å². The van der Waals surface area contributed by atoms with Crippen LogP contribution in [0.2, 0.25) is 0 Å². The minimum absolute atomic E-state index is 0.0305. The fourth-order valence-electron chi connectivity index (χ4n) is 3.96. The van der Waals surface area contributed by atoms with E-state index in [1.165, 1.54) is 0 Å². The van der Waals surface area contributed by atoms with Crippen LogP contribution in [-0.4, -0.2) is 46.2 Å². The minimum Gasteiger partial charge on any atom is -0.493 e. The van der Waals surface area contributed by atoms with Gasteiger partial charge in [0.1, 0.15) is 0 Å². The number of aromatic nitrogens is 3. The monoisotopic (exact) mass is 380 g/mol. The summed E-state index contributed by atoms with van der Waals surface area (Å²) in [5.41, 5.74) is 1.77. The van der Waals surface area contributed by atoms with Crippen molar-refractivity contribution in [2.45, 2.75) is 31.7 Å². The van der Waals surface area contributed by atoms with Crippen LogP contribution in [-0.2, 0) is 11.2 Å². The van der Waals surface area contributed by atoms with Gasteiger partial charge in [-0.15, -0.1) is 10.2 Å². The molecule has 1 amide bonds. The van der Waals surface area contributed by atoms with Gasteiger partial charge in [-0.1, -0.05) is 18.2 Å². The molecule has 7 heteroatoms. The number of methoxy groups -OCH3 is 2. The first-order chi connectivity index (χ1) is 13.7. The Morgan fingerprint density at radius 2 is 2.04 bits per heavy atom.